The highest BCUT2D eigenvalue weighted by atomic mass is 16.5. The van der Waals surface area contributed by atoms with Crippen molar-refractivity contribution in [3.05, 3.63) is 41.9 Å². The molecule has 3 heterocycles. The Bertz CT molecular complexity index is 780. The van der Waals surface area contributed by atoms with Crippen LogP contribution in [-0.2, 0) is 12.8 Å². The fourth-order valence-corrected chi connectivity index (χ4v) is 2.83. The van der Waals surface area contributed by atoms with E-state index >= 15 is 0 Å². The summed E-state index contributed by atoms with van der Waals surface area (Å²) < 4.78 is 5.30. The molecule has 0 unspecified atom stereocenters. The summed E-state index contributed by atoms with van der Waals surface area (Å²) in [5.41, 5.74) is 4.06. The summed E-state index contributed by atoms with van der Waals surface area (Å²) in [4.78, 5) is 10.9. The lowest BCUT2D eigenvalue weighted by Gasteiger charge is -2.18. The van der Waals surface area contributed by atoms with E-state index in [9.17, 15) is 0 Å². The molecule has 4 rings (SSSR count). The van der Waals surface area contributed by atoms with Crippen molar-refractivity contribution < 1.29 is 4.52 Å². The van der Waals surface area contributed by atoms with Crippen LogP contribution in [0.5, 0.6) is 0 Å². The molecule has 0 atom stereocenters. The Morgan fingerprint density at radius 2 is 2.15 bits per heavy atom. The Kier molecular flexibility index (Phi) is 2.45. The smallest absolute Gasteiger partial charge is 0.263 e. The Morgan fingerprint density at radius 1 is 1.25 bits per heavy atom. The van der Waals surface area contributed by atoms with Crippen molar-refractivity contribution in [3.8, 4) is 0 Å². The molecule has 1 aliphatic heterocycles. The van der Waals surface area contributed by atoms with Crippen LogP contribution in [0.1, 0.15) is 18.2 Å². The van der Waals surface area contributed by atoms with Crippen LogP contribution >= 0.6 is 0 Å². The van der Waals surface area contributed by atoms with E-state index < -0.39 is 0 Å². The average Bonchev–Trinajstić information content (AvgIpc) is 3.11. The molecule has 0 fully saturated rings. The summed E-state index contributed by atoms with van der Waals surface area (Å²) in [7, 11) is 0. The van der Waals surface area contributed by atoms with Gasteiger partial charge in [0.2, 0.25) is 0 Å². The van der Waals surface area contributed by atoms with Gasteiger partial charge in [0.05, 0.1) is 5.69 Å². The molecule has 0 radical (unpaired) electrons. The number of para-hydroxylation sites is 1. The third kappa shape index (κ3) is 1.52. The largest absolute Gasteiger partial charge is 0.335 e. The quantitative estimate of drug-likeness (QED) is 0.714. The molecular formula is C15H14N4O. The van der Waals surface area contributed by atoms with Crippen molar-refractivity contribution in [1.29, 1.82) is 0 Å². The Labute approximate surface area is 116 Å². The van der Waals surface area contributed by atoms with Gasteiger partial charge in [-0.3, -0.25) is 0 Å². The first-order valence-electron chi connectivity index (χ1n) is 6.83. The molecule has 0 saturated heterocycles. The number of fused-ring (bicyclic) bond motifs is 2. The second-order valence-electron chi connectivity index (χ2n) is 4.89. The number of hydrogen-bond donors (Lipinski definition) is 0. The van der Waals surface area contributed by atoms with Gasteiger partial charge in [-0.25, -0.2) is 4.98 Å². The maximum absolute atomic E-state index is 5.30. The van der Waals surface area contributed by atoms with Crippen LogP contribution in [-0.4, -0.2) is 21.7 Å². The van der Waals surface area contributed by atoms with Gasteiger partial charge in [0.25, 0.3) is 5.71 Å². The predicted molar refractivity (Wildman–Crippen MR) is 76.1 cm³/mol. The van der Waals surface area contributed by atoms with Crippen LogP contribution in [0.4, 0.5) is 11.5 Å². The Balaban J connectivity index is 1.94. The van der Waals surface area contributed by atoms with E-state index in [0.29, 0.717) is 5.71 Å². The maximum atomic E-state index is 5.30. The van der Waals surface area contributed by atoms with E-state index in [1.54, 1.807) is 6.33 Å². The monoisotopic (exact) mass is 266 g/mol. The summed E-state index contributed by atoms with van der Waals surface area (Å²) in [5, 5.41) is 5.03. The van der Waals surface area contributed by atoms with Crippen molar-refractivity contribution >= 4 is 22.6 Å². The van der Waals surface area contributed by atoms with E-state index in [4.69, 9.17) is 4.52 Å². The SMILES string of the molecule is CCc1noc2ncnc(N3CCc4ccccc43)c12. The fraction of sp³-hybridized carbons (Fsp3) is 0.267. The normalized spacial score (nSPS) is 13.9. The standard InChI is InChI=1S/C15H14N4O/c1-2-11-13-14(16-9-17-15(13)20-18-11)19-8-7-10-5-3-4-6-12(10)19/h3-6,9H,2,7-8H2,1H3. The number of aryl methyl sites for hydroxylation is 1. The summed E-state index contributed by atoms with van der Waals surface area (Å²) in [5.74, 6) is 0.901. The molecule has 2 aromatic heterocycles. The Morgan fingerprint density at radius 3 is 3.05 bits per heavy atom. The summed E-state index contributed by atoms with van der Waals surface area (Å²) >= 11 is 0. The van der Waals surface area contributed by atoms with Gasteiger partial charge in [-0.05, 0) is 24.5 Å². The number of nitrogens with zero attached hydrogens (tertiary/aromatic N) is 4. The van der Waals surface area contributed by atoms with E-state index in [1.165, 1.54) is 11.3 Å². The van der Waals surface area contributed by atoms with Gasteiger partial charge in [-0.2, -0.15) is 4.98 Å². The lowest BCUT2D eigenvalue weighted by atomic mass is 10.2. The zero-order valence-corrected chi connectivity index (χ0v) is 11.2. The highest BCUT2D eigenvalue weighted by molar-refractivity contribution is 5.91. The van der Waals surface area contributed by atoms with Crippen LogP contribution < -0.4 is 4.90 Å². The van der Waals surface area contributed by atoms with Gasteiger partial charge in [0, 0.05) is 12.2 Å². The van der Waals surface area contributed by atoms with E-state index in [1.807, 2.05) is 0 Å². The lowest BCUT2D eigenvalue weighted by Crippen LogP contribution is -2.15. The molecule has 20 heavy (non-hydrogen) atoms. The lowest BCUT2D eigenvalue weighted by molar-refractivity contribution is 0.439. The van der Waals surface area contributed by atoms with Gasteiger partial charge in [-0.1, -0.05) is 30.3 Å². The van der Waals surface area contributed by atoms with Gasteiger partial charge < -0.3 is 9.42 Å². The zero-order valence-electron chi connectivity index (χ0n) is 11.2. The summed E-state index contributed by atoms with van der Waals surface area (Å²) in [6, 6.07) is 8.44. The molecule has 100 valence electrons. The van der Waals surface area contributed by atoms with Crippen molar-refractivity contribution in [1.82, 2.24) is 15.1 Å². The van der Waals surface area contributed by atoms with E-state index in [-0.39, 0.29) is 0 Å². The molecule has 1 aromatic carbocycles. The van der Waals surface area contributed by atoms with Gasteiger partial charge in [0.1, 0.15) is 17.5 Å². The molecule has 5 heteroatoms. The summed E-state index contributed by atoms with van der Waals surface area (Å²) in [6.45, 7) is 2.99. The topological polar surface area (TPSA) is 55.1 Å². The number of benzene rings is 1. The molecular weight excluding hydrogens is 252 g/mol. The second kappa shape index (κ2) is 4.30. The fourth-order valence-electron chi connectivity index (χ4n) is 2.83. The molecule has 0 N–H and O–H groups in total. The molecule has 0 bridgehead atoms. The van der Waals surface area contributed by atoms with Gasteiger partial charge in [-0.15, -0.1) is 0 Å². The van der Waals surface area contributed by atoms with Crippen molar-refractivity contribution in [2.45, 2.75) is 19.8 Å². The molecule has 0 amide bonds. The van der Waals surface area contributed by atoms with Crippen LogP contribution in [0.3, 0.4) is 0 Å². The van der Waals surface area contributed by atoms with Crippen molar-refractivity contribution in [3.63, 3.8) is 0 Å². The number of hydrogen-bond acceptors (Lipinski definition) is 5. The minimum Gasteiger partial charge on any atom is -0.335 e. The second-order valence-corrected chi connectivity index (χ2v) is 4.89. The zero-order chi connectivity index (χ0) is 13.5. The molecule has 0 aliphatic carbocycles. The van der Waals surface area contributed by atoms with Crippen LogP contribution in [0.15, 0.2) is 35.1 Å². The first kappa shape index (κ1) is 11.4. The predicted octanol–water partition coefficient (Wildman–Crippen LogP) is 2.87. The third-order valence-corrected chi connectivity index (χ3v) is 3.80. The molecule has 0 spiro atoms. The van der Waals surface area contributed by atoms with Crippen LogP contribution in [0.2, 0.25) is 0 Å². The van der Waals surface area contributed by atoms with E-state index in [2.05, 4.69) is 51.2 Å². The number of anilines is 2. The first-order valence-corrected chi connectivity index (χ1v) is 6.83. The molecule has 0 saturated carbocycles. The maximum Gasteiger partial charge on any atom is 0.263 e. The van der Waals surface area contributed by atoms with Crippen molar-refractivity contribution in [2.24, 2.45) is 0 Å². The highest BCUT2D eigenvalue weighted by Gasteiger charge is 2.25. The minimum absolute atomic E-state index is 0.566. The van der Waals surface area contributed by atoms with E-state index in [0.717, 1.165) is 36.3 Å². The first-order chi connectivity index (χ1) is 9.88. The minimum atomic E-state index is 0.566. The van der Waals surface area contributed by atoms with Crippen molar-refractivity contribution in [2.75, 3.05) is 11.4 Å². The molecule has 1 aliphatic rings. The average molecular weight is 266 g/mol. The molecule has 3 aromatic rings. The number of rotatable bonds is 2. The van der Waals surface area contributed by atoms with Gasteiger partial charge in [0.15, 0.2) is 0 Å². The van der Waals surface area contributed by atoms with Gasteiger partial charge >= 0.3 is 0 Å². The Hall–Kier alpha value is -2.43. The number of aromatic nitrogens is 3. The van der Waals surface area contributed by atoms with Crippen LogP contribution in [0.25, 0.3) is 11.1 Å². The summed E-state index contributed by atoms with van der Waals surface area (Å²) in [6.07, 6.45) is 3.39. The highest BCUT2D eigenvalue weighted by Crippen LogP contribution is 2.37. The molecule has 5 nitrogen and oxygen atoms in total. The third-order valence-electron chi connectivity index (χ3n) is 3.80. The van der Waals surface area contributed by atoms with Crippen LogP contribution in [0, 0.1) is 0 Å².